The fourth-order valence-electron chi connectivity index (χ4n) is 7.40. The molecule has 284 valence electrons. The molecular formula is C40H43N9O6. The van der Waals surface area contributed by atoms with Crippen LogP contribution in [0.1, 0.15) is 61.9 Å². The third-order valence-electron chi connectivity index (χ3n) is 10.2. The zero-order valence-electron chi connectivity index (χ0n) is 30.6. The number of likely N-dealkylation sites (tertiary alicyclic amines) is 2. The minimum atomic E-state index is -1.07. The number of carbonyl (C=O) groups excluding carboxylic acids is 4. The number of rotatable bonds is 11. The molecule has 2 fully saturated rings. The Bertz CT molecular complexity index is 2130. The molecule has 2 aromatic carbocycles. The van der Waals surface area contributed by atoms with Crippen LogP contribution in [0.4, 0.5) is 9.59 Å². The van der Waals surface area contributed by atoms with E-state index in [1.165, 1.54) is 7.11 Å². The summed E-state index contributed by atoms with van der Waals surface area (Å²) in [4.78, 5) is 73.8. The van der Waals surface area contributed by atoms with E-state index in [1.54, 1.807) is 47.6 Å². The molecule has 0 saturated carbocycles. The molecule has 15 nitrogen and oxygen atoms in total. The molecule has 0 bridgehead atoms. The van der Waals surface area contributed by atoms with Crippen molar-refractivity contribution in [1.82, 2.24) is 40.0 Å². The highest BCUT2D eigenvalue weighted by Crippen LogP contribution is 2.35. The van der Waals surface area contributed by atoms with E-state index in [0.29, 0.717) is 24.7 Å². The molecule has 55 heavy (non-hydrogen) atoms. The molecule has 2 aliphatic heterocycles. The molecule has 3 aromatic heterocycles. The highest BCUT2D eigenvalue weighted by Gasteiger charge is 2.38. The van der Waals surface area contributed by atoms with Crippen LogP contribution < -0.4 is 11.1 Å². The van der Waals surface area contributed by atoms with Gasteiger partial charge in [0.1, 0.15) is 17.7 Å². The number of methoxy groups -OCH3 is 1. The molecule has 2 saturated heterocycles. The summed E-state index contributed by atoms with van der Waals surface area (Å²) in [5.41, 5.74) is 11.8. The lowest BCUT2D eigenvalue weighted by molar-refractivity contribution is -0.141. The van der Waals surface area contributed by atoms with E-state index in [0.717, 1.165) is 64.9 Å². The Morgan fingerprint density at radius 3 is 1.82 bits per heavy atom. The minimum Gasteiger partial charge on any atom is -0.453 e. The zero-order chi connectivity index (χ0) is 38.5. The largest absolute Gasteiger partial charge is 0.453 e. The average Bonchev–Trinajstić information content (AvgIpc) is 4.04. The second kappa shape index (κ2) is 16.2. The Morgan fingerprint density at radius 1 is 0.800 bits per heavy atom. The number of amides is 4. The van der Waals surface area contributed by atoms with Crippen LogP contribution in [0.25, 0.3) is 33.6 Å². The van der Waals surface area contributed by atoms with Gasteiger partial charge in [-0.3, -0.25) is 14.6 Å². The first-order valence-corrected chi connectivity index (χ1v) is 18.3. The normalized spacial score (nSPS) is 17.8. The van der Waals surface area contributed by atoms with E-state index in [9.17, 15) is 19.2 Å². The number of primary amides is 1. The smallest absolute Gasteiger partial charge is 0.407 e. The Labute approximate surface area is 317 Å². The molecule has 0 aliphatic carbocycles. The molecule has 15 heteroatoms. The number of hydrogen-bond acceptors (Lipinski definition) is 9. The first-order chi connectivity index (χ1) is 26.7. The monoisotopic (exact) mass is 745 g/mol. The Kier molecular flexibility index (Phi) is 10.9. The van der Waals surface area contributed by atoms with Crippen LogP contribution in [0.3, 0.4) is 0 Å². The Morgan fingerprint density at radius 2 is 1.33 bits per heavy atom. The van der Waals surface area contributed by atoms with Crippen molar-refractivity contribution >= 4 is 24.0 Å². The van der Waals surface area contributed by atoms with E-state index < -0.39 is 24.3 Å². The summed E-state index contributed by atoms with van der Waals surface area (Å²) < 4.78 is 9.92. The van der Waals surface area contributed by atoms with Gasteiger partial charge >= 0.3 is 12.2 Å². The fraction of sp³-hybridized carbons (Fsp3) is 0.325. The van der Waals surface area contributed by atoms with Gasteiger partial charge in [-0.15, -0.1) is 0 Å². The van der Waals surface area contributed by atoms with Gasteiger partial charge in [-0.1, -0.05) is 54.6 Å². The van der Waals surface area contributed by atoms with Crippen LogP contribution in [-0.4, -0.2) is 91.1 Å². The van der Waals surface area contributed by atoms with Crippen molar-refractivity contribution in [3.05, 3.63) is 103 Å². The maximum absolute atomic E-state index is 13.7. The molecular weight excluding hydrogens is 702 g/mol. The molecule has 0 radical (unpaired) electrons. The predicted octanol–water partition coefficient (Wildman–Crippen LogP) is 5.31. The number of pyridine rings is 1. The SMILES string of the molecule is COC(=O)N[C@@H](C)C(=O)N1CCC[C@H]1c1ncc(-c2ccc(-c3ccc(-c4cnc([C@@H]5CCCN5C(=O)[C@H](Cc5cccnc5)OC(N)=O)[nH]4)cc3)cc2)[nH]1. The van der Waals surface area contributed by atoms with Crippen molar-refractivity contribution in [3.63, 3.8) is 0 Å². The van der Waals surface area contributed by atoms with Crippen LogP contribution in [0.15, 0.2) is 85.5 Å². The van der Waals surface area contributed by atoms with Crippen LogP contribution in [0.2, 0.25) is 0 Å². The van der Waals surface area contributed by atoms with E-state index in [-0.39, 0.29) is 30.3 Å². The molecule has 4 atom stereocenters. The summed E-state index contributed by atoms with van der Waals surface area (Å²) in [5.74, 6) is 0.877. The fourth-order valence-corrected chi connectivity index (χ4v) is 7.40. The standard InChI is InChI=1S/C40H43N9O6/c1-24(45-40(53)54-2)37(50)48-18-4-7-32(48)35-43-22-30(46-35)28-13-9-26(10-14-28)27-11-15-29(16-12-27)31-23-44-36(47-31)33-8-5-19-49(33)38(51)34(55-39(41)52)20-25-6-3-17-42-21-25/h3,6,9-17,21-24,32-34H,4-5,7-8,18-20H2,1-2H3,(H2,41,52)(H,43,46)(H,44,47)(H,45,53)/t24-,32-,33-,34-/m0/s1. The molecule has 4 amide bonds. The summed E-state index contributed by atoms with van der Waals surface area (Å²) in [6, 6.07) is 18.7. The number of nitrogens with zero attached hydrogens (tertiary/aromatic N) is 5. The number of hydrogen-bond donors (Lipinski definition) is 4. The van der Waals surface area contributed by atoms with Crippen LogP contribution in [0.5, 0.6) is 0 Å². The van der Waals surface area contributed by atoms with Crippen molar-refractivity contribution in [2.24, 2.45) is 5.73 Å². The second-order valence-electron chi connectivity index (χ2n) is 13.7. The lowest BCUT2D eigenvalue weighted by atomic mass is 10.0. The van der Waals surface area contributed by atoms with Gasteiger partial charge in [-0.05, 0) is 66.5 Å². The number of aromatic amines is 2. The summed E-state index contributed by atoms with van der Waals surface area (Å²) in [7, 11) is 1.27. The van der Waals surface area contributed by atoms with Crippen molar-refractivity contribution < 1.29 is 28.7 Å². The summed E-state index contributed by atoms with van der Waals surface area (Å²) in [6.07, 6.45) is 7.41. The number of ether oxygens (including phenoxy) is 2. The topological polar surface area (TPSA) is 202 Å². The van der Waals surface area contributed by atoms with Gasteiger partial charge in [0.2, 0.25) is 5.91 Å². The van der Waals surface area contributed by atoms with Gasteiger partial charge in [-0.25, -0.2) is 19.6 Å². The van der Waals surface area contributed by atoms with Gasteiger partial charge in [0.15, 0.2) is 6.10 Å². The number of nitrogens with two attached hydrogens (primary N) is 1. The third kappa shape index (κ3) is 8.20. The van der Waals surface area contributed by atoms with Crippen LogP contribution >= 0.6 is 0 Å². The van der Waals surface area contributed by atoms with Crippen LogP contribution in [0, 0.1) is 0 Å². The van der Waals surface area contributed by atoms with Crippen molar-refractivity contribution in [1.29, 1.82) is 0 Å². The summed E-state index contributed by atoms with van der Waals surface area (Å²) in [6.45, 7) is 2.75. The third-order valence-corrected chi connectivity index (χ3v) is 10.2. The highest BCUT2D eigenvalue weighted by atomic mass is 16.6. The molecule has 5 aromatic rings. The molecule has 5 heterocycles. The van der Waals surface area contributed by atoms with E-state index in [4.69, 9.17) is 10.5 Å². The van der Waals surface area contributed by atoms with Gasteiger partial charge in [0.05, 0.1) is 43.0 Å². The Hall–Kier alpha value is -6.51. The number of H-pyrrole nitrogens is 2. The first kappa shape index (κ1) is 36.8. The molecule has 7 rings (SSSR count). The van der Waals surface area contributed by atoms with Crippen molar-refractivity contribution in [2.45, 2.75) is 63.3 Å². The van der Waals surface area contributed by atoms with Crippen LogP contribution in [-0.2, 0) is 25.5 Å². The second-order valence-corrected chi connectivity index (χ2v) is 13.7. The first-order valence-electron chi connectivity index (χ1n) is 18.3. The van der Waals surface area contributed by atoms with E-state index in [1.807, 2.05) is 30.3 Å². The predicted molar refractivity (Wildman–Crippen MR) is 202 cm³/mol. The van der Waals surface area contributed by atoms with Gasteiger partial charge < -0.3 is 40.3 Å². The van der Waals surface area contributed by atoms with E-state index in [2.05, 4.69) is 59.2 Å². The van der Waals surface area contributed by atoms with E-state index >= 15 is 0 Å². The quantitative estimate of drug-likeness (QED) is 0.138. The number of benzene rings is 2. The van der Waals surface area contributed by atoms with Gasteiger partial charge in [0.25, 0.3) is 5.91 Å². The maximum atomic E-state index is 13.7. The molecule has 0 unspecified atom stereocenters. The minimum absolute atomic E-state index is 0.170. The lowest BCUT2D eigenvalue weighted by Crippen LogP contribution is -2.46. The number of nitrogens with one attached hydrogen (secondary N) is 3. The number of alkyl carbamates (subject to hydrolysis) is 1. The summed E-state index contributed by atoms with van der Waals surface area (Å²) in [5, 5.41) is 2.55. The number of imidazole rings is 2. The highest BCUT2D eigenvalue weighted by molar-refractivity contribution is 5.86. The van der Waals surface area contributed by atoms with Gasteiger partial charge in [0, 0.05) is 31.9 Å². The van der Waals surface area contributed by atoms with Crippen molar-refractivity contribution in [2.75, 3.05) is 20.2 Å². The number of aromatic nitrogens is 5. The Balaban J connectivity index is 0.994. The van der Waals surface area contributed by atoms with Gasteiger partial charge in [-0.2, -0.15) is 0 Å². The molecule has 0 spiro atoms. The maximum Gasteiger partial charge on any atom is 0.407 e. The summed E-state index contributed by atoms with van der Waals surface area (Å²) >= 11 is 0. The lowest BCUT2D eigenvalue weighted by Gasteiger charge is -2.27. The van der Waals surface area contributed by atoms with Crippen molar-refractivity contribution in [3.8, 4) is 33.6 Å². The number of carbonyl (C=O) groups is 4. The zero-order valence-corrected chi connectivity index (χ0v) is 30.6. The molecule has 2 aliphatic rings. The average molecular weight is 746 g/mol. The molecule has 5 N–H and O–H groups in total.